The van der Waals surface area contributed by atoms with Gasteiger partial charge in [0, 0.05) is 11.3 Å². The number of fused-ring (bicyclic) bond motifs is 1. The predicted octanol–water partition coefficient (Wildman–Crippen LogP) is 1.16. The van der Waals surface area contributed by atoms with E-state index >= 15 is 0 Å². The number of carbonyl (C=O) groups excluding carboxylic acids is 1. The number of cyclic esters (lactones) is 1. The van der Waals surface area contributed by atoms with E-state index < -0.39 is 0 Å². The lowest BCUT2D eigenvalue weighted by atomic mass is 10.2. The number of anilines is 1. The maximum atomic E-state index is 10.9. The van der Waals surface area contributed by atoms with Gasteiger partial charge in [0.05, 0.1) is 0 Å². The topological polar surface area (TPSA) is 38.3 Å². The van der Waals surface area contributed by atoms with Crippen LogP contribution in [0.4, 0.5) is 5.69 Å². The second kappa shape index (κ2) is 2.85. The number of rotatable bonds is 0. The zero-order chi connectivity index (χ0) is 8.39. The van der Waals surface area contributed by atoms with Crippen molar-refractivity contribution in [1.82, 2.24) is 0 Å². The largest absolute Gasteiger partial charge is 0.459 e. The minimum absolute atomic E-state index is 0.203. The number of para-hydroxylation sites is 1. The molecule has 0 aliphatic carbocycles. The Balaban J connectivity index is 2.32. The van der Waals surface area contributed by atoms with E-state index in [9.17, 15) is 4.79 Å². The maximum absolute atomic E-state index is 10.9. The van der Waals surface area contributed by atoms with Crippen LogP contribution in [-0.2, 0) is 16.1 Å². The third-order valence-corrected chi connectivity index (χ3v) is 1.83. The molecule has 0 amide bonds. The van der Waals surface area contributed by atoms with Crippen molar-refractivity contribution in [2.24, 2.45) is 0 Å². The predicted molar refractivity (Wildman–Crippen MR) is 44.7 cm³/mol. The van der Waals surface area contributed by atoms with Crippen LogP contribution in [0.15, 0.2) is 24.3 Å². The first-order valence-corrected chi connectivity index (χ1v) is 3.83. The number of nitrogens with one attached hydrogen (secondary N) is 1. The number of ether oxygens (including phenoxy) is 1. The summed E-state index contributed by atoms with van der Waals surface area (Å²) in [4.78, 5) is 10.9. The fourth-order valence-corrected chi connectivity index (χ4v) is 1.20. The third-order valence-electron chi connectivity index (χ3n) is 1.83. The number of carbonyl (C=O) groups is 1. The molecule has 0 atom stereocenters. The zero-order valence-electron chi connectivity index (χ0n) is 6.54. The van der Waals surface area contributed by atoms with E-state index in [-0.39, 0.29) is 12.5 Å². The van der Waals surface area contributed by atoms with Gasteiger partial charge in [-0.25, -0.2) is 0 Å². The van der Waals surface area contributed by atoms with Crippen LogP contribution >= 0.6 is 0 Å². The van der Waals surface area contributed by atoms with E-state index in [1.54, 1.807) is 0 Å². The lowest BCUT2D eigenvalue weighted by Gasteiger charge is -2.02. The molecule has 2 rings (SSSR count). The van der Waals surface area contributed by atoms with Crippen molar-refractivity contribution in [3.8, 4) is 0 Å². The summed E-state index contributed by atoms with van der Waals surface area (Å²) in [5.41, 5.74) is 2.02. The average molecular weight is 163 g/mol. The van der Waals surface area contributed by atoms with Gasteiger partial charge in [-0.1, -0.05) is 18.2 Å². The Labute approximate surface area is 70.3 Å². The van der Waals surface area contributed by atoms with Gasteiger partial charge < -0.3 is 10.1 Å². The number of hydrogen-bond acceptors (Lipinski definition) is 3. The third kappa shape index (κ3) is 1.25. The fourth-order valence-electron chi connectivity index (χ4n) is 1.20. The highest BCUT2D eigenvalue weighted by Crippen LogP contribution is 2.17. The highest BCUT2D eigenvalue weighted by atomic mass is 16.5. The van der Waals surface area contributed by atoms with Crippen molar-refractivity contribution in [2.75, 3.05) is 11.9 Å². The van der Waals surface area contributed by atoms with E-state index in [0.29, 0.717) is 6.61 Å². The molecule has 1 heterocycles. The minimum Gasteiger partial charge on any atom is -0.459 e. The van der Waals surface area contributed by atoms with Crippen LogP contribution in [0.2, 0.25) is 0 Å². The van der Waals surface area contributed by atoms with Crippen molar-refractivity contribution < 1.29 is 9.53 Å². The van der Waals surface area contributed by atoms with Gasteiger partial charge in [0.25, 0.3) is 0 Å². The summed E-state index contributed by atoms with van der Waals surface area (Å²) in [6.07, 6.45) is 0. The molecule has 3 heteroatoms. The lowest BCUT2D eigenvalue weighted by molar-refractivity contribution is -0.142. The van der Waals surface area contributed by atoms with Gasteiger partial charge >= 0.3 is 5.97 Å². The molecule has 12 heavy (non-hydrogen) atoms. The van der Waals surface area contributed by atoms with Crippen LogP contribution in [0.25, 0.3) is 0 Å². The highest BCUT2D eigenvalue weighted by Gasteiger charge is 2.11. The van der Waals surface area contributed by atoms with Gasteiger partial charge in [-0.3, -0.25) is 4.79 Å². The normalized spacial score (nSPS) is 15.5. The van der Waals surface area contributed by atoms with Gasteiger partial charge in [-0.15, -0.1) is 0 Å². The summed E-state index contributed by atoms with van der Waals surface area (Å²) in [6.45, 7) is 0.638. The van der Waals surface area contributed by atoms with Crippen molar-refractivity contribution >= 4 is 11.7 Å². The number of hydrogen-bond donors (Lipinski definition) is 1. The quantitative estimate of drug-likeness (QED) is 0.583. The molecule has 0 unspecified atom stereocenters. The zero-order valence-corrected chi connectivity index (χ0v) is 6.54. The smallest absolute Gasteiger partial charge is 0.325 e. The summed E-state index contributed by atoms with van der Waals surface area (Å²) in [7, 11) is 0. The van der Waals surface area contributed by atoms with Gasteiger partial charge in [0.15, 0.2) is 0 Å². The molecule has 1 aliphatic heterocycles. The van der Waals surface area contributed by atoms with Crippen molar-refractivity contribution in [3.63, 3.8) is 0 Å². The number of esters is 1. The first-order valence-electron chi connectivity index (χ1n) is 3.83. The number of benzene rings is 1. The second-order valence-electron chi connectivity index (χ2n) is 2.67. The van der Waals surface area contributed by atoms with E-state index in [2.05, 4.69) is 5.32 Å². The molecule has 0 saturated carbocycles. The Morgan fingerprint density at radius 3 is 3.08 bits per heavy atom. The molecule has 0 fully saturated rings. The molecule has 1 aromatic rings. The maximum Gasteiger partial charge on any atom is 0.325 e. The minimum atomic E-state index is -0.203. The molecule has 0 aromatic heterocycles. The molecule has 1 N–H and O–H groups in total. The summed E-state index contributed by atoms with van der Waals surface area (Å²) in [5, 5.41) is 3.00. The van der Waals surface area contributed by atoms with Crippen LogP contribution in [0.5, 0.6) is 0 Å². The van der Waals surface area contributed by atoms with Crippen molar-refractivity contribution in [3.05, 3.63) is 29.8 Å². The van der Waals surface area contributed by atoms with Gasteiger partial charge in [-0.2, -0.15) is 0 Å². The fraction of sp³-hybridized carbons (Fsp3) is 0.222. The average Bonchev–Trinajstić information content (AvgIpc) is 2.29. The highest BCUT2D eigenvalue weighted by molar-refractivity contribution is 5.76. The molecular weight excluding hydrogens is 154 g/mol. The summed E-state index contributed by atoms with van der Waals surface area (Å²) in [6, 6.07) is 7.75. The second-order valence-corrected chi connectivity index (χ2v) is 2.67. The van der Waals surface area contributed by atoms with E-state index in [0.717, 1.165) is 11.3 Å². The van der Waals surface area contributed by atoms with E-state index in [1.807, 2.05) is 24.3 Å². The molecule has 1 aliphatic rings. The summed E-state index contributed by atoms with van der Waals surface area (Å²) >= 11 is 0. The molecule has 0 spiro atoms. The van der Waals surface area contributed by atoms with Gasteiger partial charge in [0.1, 0.15) is 13.2 Å². The van der Waals surface area contributed by atoms with Crippen LogP contribution in [0.3, 0.4) is 0 Å². The van der Waals surface area contributed by atoms with Crippen molar-refractivity contribution in [1.29, 1.82) is 0 Å². The first-order chi connectivity index (χ1) is 5.86. The molecule has 1 aromatic carbocycles. The molecule has 0 radical (unpaired) electrons. The van der Waals surface area contributed by atoms with Crippen LogP contribution in [0.1, 0.15) is 5.56 Å². The Morgan fingerprint density at radius 2 is 2.17 bits per heavy atom. The molecule has 62 valence electrons. The summed E-state index contributed by atoms with van der Waals surface area (Å²) in [5.74, 6) is -0.203. The summed E-state index contributed by atoms with van der Waals surface area (Å²) < 4.78 is 4.93. The van der Waals surface area contributed by atoms with E-state index in [4.69, 9.17) is 4.74 Å². The Bertz CT molecular complexity index is 280. The SMILES string of the molecule is O=C1CNc2ccccc2CO1. The van der Waals surface area contributed by atoms with E-state index in [1.165, 1.54) is 0 Å². The Kier molecular flexibility index (Phi) is 1.70. The van der Waals surface area contributed by atoms with Gasteiger partial charge in [-0.05, 0) is 6.07 Å². The van der Waals surface area contributed by atoms with Crippen LogP contribution in [0, 0.1) is 0 Å². The van der Waals surface area contributed by atoms with Crippen LogP contribution < -0.4 is 5.32 Å². The standard InChI is InChI=1S/C9H9NO2/c11-9-5-10-8-4-2-1-3-7(8)6-12-9/h1-4,10H,5-6H2. The molecule has 0 saturated heterocycles. The van der Waals surface area contributed by atoms with Crippen molar-refractivity contribution in [2.45, 2.75) is 6.61 Å². The molecular formula is C9H9NO2. The Hall–Kier alpha value is -1.51. The molecule has 3 nitrogen and oxygen atoms in total. The van der Waals surface area contributed by atoms with Crippen LogP contribution in [-0.4, -0.2) is 12.5 Å². The molecule has 0 bridgehead atoms. The Morgan fingerprint density at radius 1 is 1.33 bits per heavy atom. The lowest BCUT2D eigenvalue weighted by Crippen LogP contribution is -2.12. The monoisotopic (exact) mass is 163 g/mol. The van der Waals surface area contributed by atoms with Gasteiger partial charge in [0.2, 0.25) is 0 Å². The first kappa shape index (κ1) is 7.16.